The molecule has 0 aliphatic heterocycles. The molecule has 0 amide bonds. The molecule has 0 radical (unpaired) electrons. The average Bonchev–Trinajstić information content (AvgIpc) is 2.99. The smallest absolute Gasteiger partial charge is 0.232 e. The molecule has 0 bridgehead atoms. The number of hydrogen-bond donors (Lipinski definition) is 3. The highest BCUT2D eigenvalue weighted by Crippen LogP contribution is 2.35. The van der Waals surface area contributed by atoms with Crippen LogP contribution < -0.4 is 30.2 Å². The highest BCUT2D eigenvalue weighted by Gasteiger charge is 2.22. The SMILES string of the molecule is COc1ccc(CNc2ncc(Nc3cc(S(C)(=O)=O)c(OC)nc3C(C)C)c(NCc3ccc(OC)cc3)n2)cc1. The van der Waals surface area contributed by atoms with Crippen molar-refractivity contribution in [2.75, 3.05) is 43.5 Å². The molecule has 42 heavy (non-hydrogen) atoms. The predicted molar refractivity (Wildman–Crippen MR) is 164 cm³/mol. The lowest BCUT2D eigenvalue weighted by atomic mass is 10.1. The first kappa shape index (κ1) is 30.4. The Bertz CT molecular complexity index is 1610. The molecular formula is C30H36N6O5S. The first-order valence-corrected chi connectivity index (χ1v) is 15.2. The normalized spacial score (nSPS) is 11.2. The van der Waals surface area contributed by atoms with Gasteiger partial charge in [-0.25, -0.2) is 18.4 Å². The Kier molecular flexibility index (Phi) is 9.68. The highest BCUT2D eigenvalue weighted by molar-refractivity contribution is 7.90. The van der Waals surface area contributed by atoms with Gasteiger partial charge in [0, 0.05) is 19.3 Å². The number of ether oxygens (including phenoxy) is 3. The Hall–Kier alpha value is -4.58. The van der Waals surface area contributed by atoms with Gasteiger partial charge in [0.15, 0.2) is 15.7 Å². The highest BCUT2D eigenvalue weighted by atomic mass is 32.2. The predicted octanol–water partition coefficient (Wildman–Crippen LogP) is 5.39. The summed E-state index contributed by atoms with van der Waals surface area (Å²) >= 11 is 0. The maximum atomic E-state index is 12.5. The molecule has 2 heterocycles. The summed E-state index contributed by atoms with van der Waals surface area (Å²) in [6.45, 7) is 4.92. The number of rotatable bonds is 13. The van der Waals surface area contributed by atoms with Crippen LogP contribution in [0.5, 0.6) is 17.4 Å². The van der Waals surface area contributed by atoms with Crippen molar-refractivity contribution in [3.63, 3.8) is 0 Å². The van der Waals surface area contributed by atoms with Crippen LogP contribution >= 0.6 is 0 Å². The van der Waals surface area contributed by atoms with Crippen molar-refractivity contribution < 1.29 is 22.6 Å². The zero-order chi connectivity index (χ0) is 30.3. The Balaban J connectivity index is 1.67. The first-order chi connectivity index (χ1) is 20.1. The number of anilines is 4. The molecule has 3 N–H and O–H groups in total. The lowest BCUT2D eigenvalue weighted by Crippen LogP contribution is -2.12. The molecule has 11 nitrogen and oxygen atoms in total. The van der Waals surface area contributed by atoms with Crippen LogP contribution in [0.4, 0.5) is 23.1 Å². The van der Waals surface area contributed by atoms with Crippen molar-refractivity contribution in [3.05, 3.63) is 77.6 Å². The van der Waals surface area contributed by atoms with E-state index >= 15 is 0 Å². The minimum Gasteiger partial charge on any atom is -0.497 e. The molecule has 0 spiro atoms. The van der Waals surface area contributed by atoms with Crippen LogP contribution in [0.25, 0.3) is 0 Å². The summed E-state index contributed by atoms with van der Waals surface area (Å²) in [6, 6.07) is 17.0. The third-order valence-electron chi connectivity index (χ3n) is 6.41. The molecule has 0 atom stereocenters. The Morgan fingerprint density at radius 1 is 0.786 bits per heavy atom. The molecule has 0 aliphatic carbocycles. The number of nitrogens with one attached hydrogen (secondary N) is 3. The van der Waals surface area contributed by atoms with E-state index in [1.807, 2.05) is 62.4 Å². The van der Waals surface area contributed by atoms with Gasteiger partial charge in [0.1, 0.15) is 22.1 Å². The molecular weight excluding hydrogens is 556 g/mol. The molecule has 222 valence electrons. The van der Waals surface area contributed by atoms with E-state index in [1.165, 1.54) is 7.11 Å². The van der Waals surface area contributed by atoms with Crippen LogP contribution in [0.2, 0.25) is 0 Å². The molecule has 0 aliphatic rings. The van der Waals surface area contributed by atoms with Gasteiger partial charge in [0.2, 0.25) is 11.8 Å². The summed E-state index contributed by atoms with van der Waals surface area (Å²) in [5.74, 6) is 2.51. The number of pyridine rings is 1. The van der Waals surface area contributed by atoms with Crippen molar-refractivity contribution in [1.29, 1.82) is 0 Å². The van der Waals surface area contributed by atoms with E-state index in [1.54, 1.807) is 26.5 Å². The van der Waals surface area contributed by atoms with E-state index < -0.39 is 9.84 Å². The second-order valence-electron chi connectivity index (χ2n) is 9.84. The zero-order valence-corrected chi connectivity index (χ0v) is 25.4. The van der Waals surface area contributed by atoms with Gasteiger partial charge in [-0.1, -0.05) is 38.1 Å². The van der Waals surface area contributed by atoms with Gasteiger partial charge in [-0.3, -0.25) is 0 Å². The number of hydrogen-bond acceptors (Lipinski definition) is 11. The zero-order valence-electron chi connectivity index (χ0n) is 24.6. The van der Waals surface area contributed by atoms with Gasteiger partial charge in [-0.2, -0.15) is 4.98 Å². The topological polar surface area (TPSA) is 137 Å². The van der Waals surface area contributed by atoms with Crippen molar-refractivity contribution in [3.8, 4) is 17.4 Å². The summed E-state index contributed by atoms with van der Waals surface area (Å²) in [6.07, 6.45) is 2.77. The van der Waals surface area contributed by atoms with Crippen LogP contribution in [0.1, 0.15) is 36.6 Å². The van der Waals surface area contributed by atoms with E-state index in [9.17, 15) is 8.42 Å². The van der Waals surface area contributed by atoms with Gasteiger partial charge >= 0.3 is 0 Å². The Labute approximate surface area is 246 Å². The quantitative estimate of drug-likeness (QED) is 0.184. The summed E-state index contributed by atoms with van der Waals surface area (Å²) in [4.78, 5) is 13.8. The van der Waals surface area contributed by atoms with Gasteiger partial charge in [0.05, 0.1) is 38.9 Å². The van der Waals surface area contributed by atoms with E-state index in [2.05, 4.69) is 25.9 Å². The second-order valence-corrected chi connectivity index (χ2v) is 11.8. The number of aromatic nitrogens is 3. The van der Waals surface area contributed by atoms with E-state index in [0.717, 1.165) is 28.9 Å². The number of benzene rings is 2. The fraction of sp³-hybridized carbons (Fsp3) is 0.300. The van der Waals surface area contributed by atoms with Gasteiger partial charge in [-0.15, -0.1) is 0 Å². The molecule has 12 heteroatoms. The van der Waals surface area contributed by atoms with Crippen molar-refractivity contribution in [2.24, 2.45) is 0 Å². The third kappa shape index (κ3) is 7.58. The van der Waals surface area contributed by atoms with Crippen LogP contribution in [0, 0.1) is 0 Å². The van der Waals surface area contributed by atoms with Crippen molar-refractivity contribution in [2.45, 2.75) is 37.8 Å². The summed E-state index contributed by atoms with van der Waals surface area (Å²) in [7, 11) is 1.05. The average molecular weight is 593 g/mol. The molecule has 2 aromatic heterocycles. The van der Waals surface area contributed by atoms with Crippen LogP contribution in [0.3, 0.4) is 0 Å². The first-order valence-electron chi connectivity index (χ1n) is 13.3. The molecule has 0 saturated carbocycles. The molecule has 2 aromatic carbocycles. The minimum atomic E-state index is -3.61. The lowest BCUT2D eigenvalue weighted by molar-refractivity contribution is 0.383. The van der Waals surface area contributed by atoms with Crippen LogP contribution in [-0.2, 0) is 22.9 Å². The summed E-state index contributed by atoms with van der Waals surface area (Å²) < 4.78 is 40.9. The maximum absolute atomic E-state index is 12.5. The molecule has 4 rings (SSSR count). The molecule has 0 fully saturated rings. The number of methoxy groups -OCH3 is 3. The third-order valence-corrected chi connectivity index (χ3v) is 7.50. The van der Waals surface area contributed by atoms with Crippen LogP contribution in [-0.4, -0.2) is 51.0 Å². The van der Waals surface area contributed by atoms with Crippen molar-refractivity contribution in [1.82, 2.24) is 15.0 Å². The fourth-order valence-corrected chi connectivity index (χ4v) is 4.91. The Morgan fingerprint density at radius 2 is 1.36 bits per heavy atom. The maximum Gasteiger partial charge on any atom is 0.232 e. The van der Waals surface area contributed by atoms with Gasteiger partial charge in [0.25, 0.3) is 0 Å². The second kappa shape index (κ2) is 13.4. The summed E-state index contributed by atoms with van der Waals surface area (Å²) in [5, 5.41) is 9.97. The van der Waals surface area contributed by atoms with Gasteiger partial charge < -0.3 is 30.2 Å². The van der Waals surface area contributed by atoms with Crippen LogP contribution in [0.15, 0.2) is 65.7 Å². The molecule has 0 saturated heterocycles. The van der Waals surface area contributed by atoms with Crippen molar-refractivity contribution >= 4 is 33.0 Å². The number of sulfone groups is 1. The fourth-order valence-electron chi connectivity index (χ4n) is 4.14. The van der Waals surface area contributed by atoms with E-state index in [4.69, 9.17) is 19.2 Å². The Morgan fingerprint density at radius 3 is 1.86 bits per heavy atom. The summed E-state index contributed by atoms with van der Waals surface area (Å²) in [5.41, 5.74) is 3.75. The van der Waals surface area contributed by atoms with E-state index in [0.29, 0.717) is 41.9 Å². The van der Waals surface area contributed by atoms with E-state index in [-0.39, 0.29) is 16.7 Å². The lowest BCUT2D eigenvalue weighted by Gasteiger charge is -2.19. The largest absolute Gasteiger partial charge is 0.497 e. The molecule has 4 aromatic rings. The molecule has 0 unspecified atom stereocenters. The minimum absolute atomic E-state index is 0.0108. The monoisotopic (exact) mass is 592 g/mol. The van der Waals surface area contributed by atoms with Gasteiger partial charge in [-0.05, 0) is 47.4 Å². The number of nitrogens with zero attached hydrogens (tertiary/aromatic N) is 3. The standard InChI is InChI=1S/C30H36N6O5S/c1-19(2)27-24(15-26(42(6,37)38)29(35-27)41-5)34-25-18-33-30(32-17-21-9-13-23(40-4)14-10-21)36-28(25)31-16-20-7-11-22(39-3)12-8-20/h7-15,18-19,34H,16-17H2,1-6H3,(H2,31,32,33,36).